The van der Waals surface area contributed by atoms with Crippen LogP contribution in [0.4, 0.5) is 13.2 Å². The fourth-order valence-electron chi connectivity index (χ4n) is 0.132. The van der Waals surface area contributed by atoms with Gasteiger partial charge in [-0.05, 0) is 0 Å². The van der Waals surface area contributed by atoms with Crippen LogP contribution in [0.2, 0.25) is 0 Å². The molecule has 0 aliphatic carbocycles. The quantitative estimate of drug-likeness (QED) is 0.572. The number of hydrogen-bond acceptors (Lipinski definition) is 4. The van der Waals surface area contributed by atoms with Crippen molar-refractivity contribution in [1.29, 1.82) is 0 Å². The Morgan fingerprint density at radius 2 is 1.27 bits per heavy atom. The Balaban J connectivity index is 5.49. The van der Waals surface area contributed by atoms with Gasteiger partial charge in [-0.1, -0.05) is 0 Å². The fraction of sp³-hybridized carbons (Fsp3) is 1.00. The van der Waals surface area contributed by atoms with Crippen LogP contribution in [0.3, 0.4) is 0 Å². The first-order chi connectivity index (χ1) is 4.50. The fourth-order valence-corrected chi connectivity index (χ4v) is 1.19. The van der Waals surface area contributed by atoms with E-state index in [9.17, 15) is 30.0 Å². The minimum atomic E-state index is -6.26. The Kier molecular flexibility index (Phi) is 2.24. The topological polar surface area (TPSA) is 94.3 Å². The molecule has 0 aliphatic heterocycles. The Morgan fingerprint density at radius 1 is 1.00 bits per heavy atom. The molecular weight excluding hydrogens is 211 g/mol. The molecule has 0 radical (unpaired) electrons. The number of rotatable bonds is 1. The highest BCUT2D eigenvalue weighted by Crippen LogP contribution is 2.26. The summed E-state index contributed by atoms with van der Waals surface area (Å²) in [7, 11) is -11.9. The molecule has 0 aromatic rings. The van der Waals surface area contributed by atoms with E-state index in [-0.39, 0.29) is 0 Å². The Bertz CT molecular complexity index is 334. The second kappa shape index (κ2) is 2.32. The minimum Gasteiger partial charge on any atom is -0.215 e. The summed E-state index contributed by atoms with van der Waals surface area (Å²) < 4.78 is 73.1. The summed E-state index contributed by atoms with van der Waals surface area (Å²) in [6.45, 7) is 0. The molecule has 68 valence electrons. The van der Waals surface area contributed by atoms with Gasteiger partial charge in [-0.2, -0.15) is 21.6 Å². The van der Waals surface area contributed by atoms with E-state index in [4.69, 9.17) is 0 Å². The van der Waals surface area contributed by atoms with Gasteiger partial charge < -0.3 is 0 Å². The van der Waals surface area contributed by atoms with Gasteiger partial charge in [-0.3, -0.25) is 0 Å². The maximum atomic E-state index is 11.3. The van der Waals surface area contributed by atoms with Gasteiger partial charge in [0.15, 0.2) is 0 Å². The summed E-state index contributed by atoms with van der Waals surface area (Å²) in [5.74, 6) is 0. The van der Waals surface area contributed by atoms with Crippen molar-refractivity contribution in [2.24, 2.45) is 5.14 Å². The molecule has 0 aliphatic rings. The molecule has 5 nitrogen and oxygen atoms in total. The third kappa shape index (κ3) is 1.81. The van der Waals surface area contributed by atoms with E-state index < -0.39 is 23.4 Å². The summed E-state index contributed by atoms with van der Waals surface area (Å²) in [6.07, 6.45) is 0. The maximum Gasteiger partial charge on any atom is 0.513 e. The maximum absolute atomic E-state index is 11.3. The van der Waals surface area contributed by atoms with Crippen LogP contribution in [0.15, 0.2) is 0 Å². The lowest BCUT2D eigenvalue weighted by atomic mass is 11.6. The van der Waals surface area contributed by atoms with Gasteiger partial charge in [0, 0.05) is 0 Å². The van der Waals surface area contributed by atoms with E-state index in [2.05, 4.69) is 5.14 Å². The van der Waals surface area contributed by atoms with E-state index in [1.54, 1.807) is 0 Å². The predicted molar refractivity (Wildman–Crippen MR) is 28.1 cm³/mol. The van der Waals surface area contributed by atoms with Crippen LogP contribution in [0.25, 0.3) is 0 Å². The molecule has 0 saturated carbocycles. The van der Waals surface area contributed by atoms with Crippen LogP contribution in [-0.2, 0) is 17.9 Å². The normalized spacial score (nSPS) is 14.9. The average molecular weight is 213 g/mol. The molecule has 0 aromatic carbocycles. The summed E-state index contributed by atoms with van der Waals surface area (Å²) in [5.41, 5.74) is -5.86. The first kappa shape index (κ1) is 10.7. The number of nitrogens with two attached hydrogens (primary N) is 1. The van der Waals surface area contributed by atoms with Gasteiger partial charge in [0.1, 0.15) is 0 Å². The van der Waals surface area contributed by atoms with Crippen molar-refractivity contribution in [2.75, 3.05) is 0 Å². The molecule has 0 saturated heterocycles. The highest BCUT2D eigenvalue weighted by Gasteiger charge is 2.53. The lowest BCUT2D eigenvalue weighted by molar-refractivity contribution is -0.0412. The highest BCUT2D eigenvalue weighted by atomic mass is 33.2. The summed E-state index contributed by atoms with van der Waals surface area (Å²) in [6, 6.07) is 0. The number of hydrogen-bond donors (Lipinski definition) is 1. The van der Waals surface area contributed by atoms with E-state index in [0.717, 1.165) is 0 Å². The van der Waals surface area contributed by atoms with Crippen molar-refractivity contribution < 1.29 is 30.0 Å². The summed E-state index contributed by atoms with van der Waals surface area (Å²) in [5, 5.41) is 3.76. The lowest BCUT2D eigenvalue weighted by Gasteiger charge is -2.03. The zero-order valence-electron chi connectivity index (χ0n) is 4.66. The van der Waals surface area contributed by atoms with E-state index in [0.29, 0.717) is 0 Å². The van der Waals surface area contributed by atoms with E-state index >= 15 is 0 Å². The van der Waals surface area contributed by atoms with Crippen molar-refractivity contribution in [3.8, 4) is 0 Å². The molecule has 0 rings (SSSR count). The van der Waals surface area contributed by atoms with Crippen LogP contribution in [0.1, 0.15) is 0 Å². The second-order valence-electron chi connectivity index (χ2n) is 1.39. The third-order valence-electron chi connectivity index (χ3n) is 0.589. The summed E-state index contributed by atoms with van der Waals surface area (Å²) >= 11 is 0. The standard InChI is InChI=1S/CH2F3NO4S2/c2-1(3,4)10(6,7)11(5,8)9/h(H2,5,8,9). The molecule has 2 N–H and O–H groups in total. The average Bonchev–Trinajstić information content (AvgIpc) is 1.58. The zero-order valence-corrected chi connectivity index (χ0v) is 6.29. The molecule has 0 aromatic heterocycles. The molecule has 11 heavy (non-hydrogen) atoms. The first-order valence-electron chi connectivity index (χ1n) is 1.84. The van der Waals surface area contributed by atoms with Gasteiger partial charge in [0.25, 0.3) is 0 Å². The summed E-state index contributed by atoms with van der Waals surface area (Å²) in [4.78, 5) is 0. The van der Waals surface area contributed by atoms with Gasteiger partial charge in [-0.25, -0.2) is 13.6 Å². The third-order valence-corrected chi connectivity index (χ3v) is 4.17. The molecular formula is CH2F3NO4S2. The first-order valence-corrected chi connectivity index (χ1v) is 5.39. The molecule has 0 bridgehead atoms. The molecule has 0 spiro atoms. The molecule has 10 heteroatoms. The van der Waals surface area contributed by atoms with Gasteiger partial charge in [-0.15, -0.1) is 0 Å². The number of halogens is 3. The highest BCUT2D eigenvalue weighted by molar-refractivity contribution is 8.66. The van der Waals surface area contributed by atoms with Crippen molar-refractivity contribution in [3.05, 3.63) is 0 Å². The predicted octanol–water partition coefficient (Wildman–Crippen LogP) is -0.875. The Hall–Kier alpha value is -0.350. The lowest BCUT2D eigenvalue weighted by Crippen LogP contribution is -2.35. The van der Waals surface area contributed by atoms with E-state index in [1.807, 2.05) is 0 Å². The zero-order chi connectivity index (χ0) is 9.50. The smallest absolute Gasteiger partial charge is 0.215 e. The van der Waals surface area contributed by atoms with Crippen molar-refractivity contribution in [3.63, 3.8) is 0 Å². The van der Waals surface area contributed by atoms with Crippen LogP contribution >= 0.6 is 0 Å². The van der Waals surface area contributed by atoms with Crippen LogP contribution in [0.5, 0.6) is 0 Å². The van der Waals surface area contributed by atoms with Crippen molar-refractivity contribution in [1.82, 2.24) is 0 Å². The Labute approximate surface area is 59.4 Å². The van der Waals surface area contributed by atoms with E-state index in [1.165, 1.54) is 0 Å². The molecule has 0 heterocycles. The Morgan fingerprint density at radius 3 is 1.27 bits per heavy atom. The van der Waals surface area contributed by atoms with Crippen molar-refractivity contribution in [2.45, 2.75) is 5.51 Å². The van der Waals surface area contributed by atoms with Crippen LogP contribution in [0, 0.1) is 0 Å². The van der Waals surface area contributed by atoms with Crippen LogP contribution < -0.4 is 5.14 Å². The van der Waals surface area contributed by atoms with Gasteiger partial charge in [0.05, 0.1) is 0 Å². The SMILES string of the molecule is NS(=O)(=O)S(=O)(=O)C(F)(F)F. The minimum absolute atomic E-state index is 3.76. The van der Waals surface area contributed by atoms with Gasteiger partial charge >= 0.3 is 23.4 Å². The van der Waals surface area contributed by atoms with Crippen molar-refractivity contribution >= 4 is 17.9 Å². The monoisotopic (exact) mass is 213 g/mol. The largest absolute Gasteiger partial charge is 0.513 e. The van der Waals surface area contributed by atoms with Gasteiger partial charge in [0.2, 0.25) is 0 Å². The second-order valence-corrected chi connectivity index (χ2v) is 6.46. The molecule has 0 fully saturated rings. The van der Waals surface area contributed by atoms with Crippen LogP contribution in [-0.4, -0.2) is 22.3 Å². The molecule has 0 unspecified atom stereocenters. The number of alkyl halides is 3. The molecule has 0 atom stereocenters. The molecule has 0 amide bonds.